The van der Waals surface area contributed by atoms with E-state index in [1.165, 1.54) is 11.1 Å². The Morgan fingerprint density at radius 2 is 1.33 bits per heavy atom. The molecule has 4 N–H and O–H groups in total. The summed E-state index contributed by atoms with van der Waals surface area (Å²) in [6, 6.07) is 0. The van der Waals surface area contributed by atoms with E-state index >= 15 is 0 Å². The third-order valence-electron chi connectivity index (χ3n) is 8.95. The number of hydrogen-bond donors (Lipinski definition) is 3. The van der Waals surface area contributed by atoms with Crippen molar-refractivity contribution in [3.8, 4) is 0 Å². The van der Waals surface area contributed by atoms with Crippen LogP contribution >= 0.6 is 7.82 Å². The second-order valence-electron chi connectivity index (χ2n) is 13.9. The number of aryl methyl sites for hydroxylation is 2. The number of hydrogen-bond acceptors (Lipinski definition) is 10. The molecule has 0 aliphatic heterocycles. The van der Waals surface area contributed by atoms with Gasteiger partial charge in [0.15, 0.2) is 6.10 Å². The molecule has 0 saturated heterocycles. The summed E-state index contributed by atoms with van der Waals surface area (Å²) in [5, 5.41) is 9.72. The molecular weight excluding hydrogens is 721 g/mol. The van der Waals surface area contributed by atoms with E-state index in [2.05, 4.69) is 58.1 Å². The minimum atomic E-state index is -4.42. The van der Waals surface area contributed by atoms with Gasteiger partial charge in [-0.3, -0.25) is 18.6 Å². The molecule has 3 atom stereocenters. The maximum Gasteiger partial charge on any atom is 0.472 e. The van der Waals surface area contributed by atoms with Crippen LogP contribution in [0.1, 0.15) is 146 Å². The molecule has 0 aromatic carbocycles. The van der Waals surface area contributed by atoms with E-state index in [-0.39, 0.29) is 38.7 Å². The molecule has 11 nitrogen and oxygen atoms in total. The van der Waals surface area contributed by atoms with Gasteiger partial charge in [0, 0.05) is 32.2 Å². The van der Waals surface area contributed by atoms with Gasteiger partial charge in [-0.2, -0.15) is 0 Å². The normalized spacial score (nSPS) is 14.4. The van der Waals surface area contributed by atoms with Crippen molar-refractivity contribution in [3.05, 3.63) is 71.3 Å². The standard InChI is InChI=1S/C43H72NO10P/c1-5-26-38(45)28-22-18-14-12-10-8-7-9-11-13-15-21-25-31-43(47)53-39(35-52-55(48,49)51-33-32-44)34-50-42(46)30-24-20-17-16-19-23-29-41-37(4)36(3)40(54-41)27-6-2/h7,9-10,12-13,15,18,22,38-39,45H,5-6,8,11,14,16-17,19-21,23-35,44H2,1-4H3,(H,48,49)/b9-7-,12-10-,15-13-,22-18-/t38?,39-/m1/s1. The molecule has 0 bridgehead atoms. The van der Waals surface area contributed by atoms with Crippen LogP contribution in [0.2, 0.25) is 0 Å². The maximum absolute atomic E-state index is 12.6. The van der Waals surface area contributed by atoms with Crippen molar-refractivity contribution in [1.82, 2.24) is 0 Å². The van der Waals surface area contributed by atoms with Crippen molar-refractivity contribution in [2.24, 2.45) is 5.73 Å². The summed E-state index contributed by atoms with van der Waals surface area (Å²) in [6.07, 6.45) is 30.7. The van der Waals surface area contributed by atoms with Gasteiger partial charge in [-0.05, 0) is 89.2 Å². The molecule has 0 spiro atoms. The molecule has 0 fully saturated rings. The zero-order valence-electron chi connectivity index (χ0n) is 34.2. The van der Waals surface area contributed by atoms with Gasteiger partial charge in [0.05, 0.1) is 19.3 Å². The van der Waals surface area contributed by atoms with Crippen molar-refractivity contribution in [1.29, 1.82) is 0 Å². The van der Waals surface area contributed by atoms with E-state index in [1.807, 2.05) is 18.2 Å². The highest BCUT2D eigenvalue weighted by Gasteiger charge is 2.26. The quantitative estimate of drug-likeness (QED) is 0.0263. The van der Waals surface area contributed by atoms with E-state index in [4.69, 9.17) is 28.7 Å². The molecular formula is C43H72NO10P. The average molecular weight is 794 g/mol. The largest absolute Gasteiger partial charge is 0.472 e. The Balaban J connectivity index is 2.33. The van der Waals surface area contributed by atoms with E-state index in [0.717, 1.165) is 95.0 Å². The van der Waals surface area contributed by atoms with Crippen LogP contribution in [0.5, 0.6) is 0 Å². The molecule has 0 saturated carbocycles. The summed E-state index contributed by atoms with van der Waals surface area (Å²) in [6.45, 7) is 7.59. The van der Waals surface area contributed by atoms with Crippen molar-refractivity contribution in [2.75, 3.05) is 26.4 Å². The lowest BCUT2D eigenvalue weighted by Crippen LogP contribution is -2.29. The lowest BCUT2D eigenvalue weighted by Gasteiger charge is -2.19. The van der Waals surface area contributed by atoms with Crippen LogP contribution in [-0.2, 0) is 45.5 Å². The molecule has 1 aromatic rings. The van der Waals surface area contributed by atoms with Gasteiger partial charge in [0.2, 0.25) is 0 Å². The first-order valence-corrected chi connectivity index (χ1v) is 22.0. The first-order valence-electron chi connectivity index (χ1n) is 20.6. The predicted molar refractivity (Wildman–Crippen MR) is 220 cm³/mol. The monoisotopic (exact) mass is 793 g/mol. The van der Waals surface area contributed by atoms with Gasteiger partial charge in [-0.25, -0.2) is 4.57 Å². The van der Waals surface area contributed by atoms with Crippen LogP contribution < -0.4 is 5.73 Å². The molecule has 1 aromatic heterocycles. The van der Waals surface area contributed by atoms with Crippen molar-refractivity contribution >= 4 is 19.8 Å². The zero-order chi connectivity index (χ0) is 40.6. The van der Waals surface area contributed by atoms with E-state index in [1.54, 1.807) is 0 Å². The highest BCUT2D eigenvalue weighted by atomic mass is 31.2. The number of phosphoric acid groups is 1. The Hall–Kier alpha value is -2.79. The minimum Gasteiger partial charge on any atom is -0.466 e. The first-order chi connectivity index (χ1) is 26.5. The van der Waals surface area contributed by atoms with Gasteiger partial charge < -0.3 is 29.6 Å². The SMILES string of the molecule is CCCc1oc(CCCCCCCCC(=O)OC[C@H](COP(=O)(O)OCCN)OC(=O)CCC/C=C\C/C=C\C/C=C\C/C=C\CC(O)CCC)c(C)c1C. The number of carbonyl (C=O) groups is 2. The molecule has 0 aliphatic rings. The highest BCUT2D eigenvalue weighted by Crippen LogP contribution is 2.43. The topological polar surface area (TPSA) is 168 Å². The van der Waals surface area contributed by atoms with Crippen LogP contribution in [0, 0.1) is 13.8 Å². The summed E-state index contributed by atoms with van der Waals surface area (Å²) in [5.41, 5.74) is 7.90. The van der Waals surface area contributed by atoms with E-state index in [0.29, 0.717) is 25.7 Å². The number of phosphoric ester groups is 1. The number of esters is 2. The fourth-order valence-electron chi connectivity index (χ4n) is 5.69. The summed E-state index contributed by atoms with van der Waals surface area (Å²) in [5.74, 6) is 1.27. The summed E-state index contributed by atoms with van der Waals surface area (Å²) in [4.78, 5) is 34.9. The van der Waals surface area contributed by atoms with Crippen molar-refractivity contribution in [2.45, 2.75) is 162 Å². The third kappa shape index (κ3) is 26.7. The van der Waals surface area contributed by atoms with Crippen LogP contribution in [0.15, 0.2) is 53.0 Å². The number of rotatable bonds is 34. The van der Waals surface area contributed by atoms with Crippen LogP contribution in [-0.4, -0.2) is 60.5 Å². The number of aliphatic hydroxyl groups excluding tert-OH is 1. The second kappa shape index (κ2) is 32.3. The third-order valence-corrected chi connectivity index (χ3v) is 9.93. The molecule has 1 heterocycles. The Labute approximate surface area is 331 Å². The van der Waals surface area contributed by atoms with E-state index < -0.39 is 32.5 Å². The Kier molecular flexibility index (Phi) is 29.5. The molecule has 55 heavy (non-hydrogen) atoms. The smallest absolute Gasteiger partial charge is 0.466 e. The van der Waals surface area contributed by atoms with Gasteiger partial charge in [-0.15, -0.1) is 0 Å². The molecule has 2 unspecified atom stereocenters. The Morgan fingerprint density at radius 1 is 0.745 bits per heavy atom. The number of furan rings is 1. The number of ether oxygens (including phenoxy) is 2. The number of unbranched alkanes of at least 4 members (excludes halogenated alkanes) is 6. The number of nitrogens with two attached hydrogens (primary N) is 1. The van der Waals surface area contributed by atoms with Crippen LogP contribution in [0.25, 0.3) is 0 Å². The lowest BCUT2D eigenvalue weighted by atomic mass is 10.0. The molecule has 0 radical (unpaired) electrons. The average Bonchev–Trinajstić information content (AvgIpc) is 3.42. The fourth-order valence-corrected chi connectivity index (χ4v) is 6.45. The van der Waals surface area contributed by atoms with Gasteiger partial charge in [-0.1, -0.05) is 94.6 Å². The Morgan fingerprint density at radius 3 is 1.96 bits per heavy atom. The molecule has 1 rings (SSSR count). The highest BCUT2D eigenvalue weighted by molar-refractivity contribution is 7.47. The van der Waals surface area contributed by atoms with Gasteiger partial charge in [0.1, 0.15) is 18.1 Å². The number of carbonyl (C=O) groups excluding carboxylic acids is 2. The van der Waals surface area contributed by atoms with Crippen molar-refractivity contribution < 1.29 is 47.1 Å². The second-order valence-corrected chi connectivity index (χ2v) is 15.4. The molecule has 12 heteroatoms. The summed E-state index contributed by atoms with van der Waals surface area (Å²) in [7, 11) is -4.42. The number of allylic oxidation sites excluding steroid dienone is 7. The summed E-state index contributed by atoms with van der Waals surface area (Å²) >= 11 is 0. The fraction of sp³-hybridized carbons (Fsp3) is 0.674. The van der Waals surface area contributed by atoms with Crippen LogP contribution in [0.3, 0.4) is 0 Å². The van der Waals surface area contributed by atoms with E-state index in [9.17, 15) is 24.2 Å². The molecule has 0 amide bonds. The maximum atomic E-state index is 12.6. The molecule has 0 aliphatic carbocycles. The molecule has 314 valence electrons. The Bertz CT molecular complexity index is 1330. The summed E-state index contributed by atoms with van der Waals surface area (Å²) < 4.78 is 38.8. The predicted octanol–water partition coefficient (Wildman–Crippen LogP) is 9.79. The zero-order valence-corrected chi connectivity index (χ0v) is 35.1. The van der Waals surface area contributed by atoms with Gasteiger partial charge >= 0.3 is 19.8 Å². The minimum absolute atomic E-state index is 0.0290. The van der Waals surface area contributed by atoms with Crippen LogP contribution in [0.4, 0.5) is 0 Å². The number of aliphatic hydroxyl groups is 1. The van der Waals surface area contributed by atoms with Gasteiger partial charge in [0.25, 0.3) is 0 Å². The lowest BCUT2D eigenvalue weighted by molar-refractivity contribution is -0.161. The first kappa shape index (κ1) is 50.2. The van der Waals surface area contributed by atoms with Crippen molar-refractivity contribution in [3.63, 3.8) is 0 Å².